The molecule has 0 spiro atoms. The molecule has 0 radical (unpaired) electrons. The van der Waals surface area contributed by atoms with Gasteiger partial charge in [-0.15, -0.1) is 0 Å². The van der Waals surface area contributed by atoms with E-state index in [0.717, 1.165) is 6.92 Å². The summed E-state index contributed by atoms with van der Waals surface area (Å²) in [5.74, 6) is 0. The van der Waals surface area contributed by atoms with Crippen LogP contribution in [0.15, 0.2) is 0 Å². The highest BCUT2D eigenvalue weighted by Crippen LogP contribution is 2.61. The summed E-state index contributed by atoms with van der Waals surface area (Å²) in [5, 5.41) is -1.44. The van der Waals surface area contributed by atoms with Gasteiger partial charge in [-0.25, -0.2) is 0 Å². The molecule has 0 aliphatic heterocycles. The van der Waals surface area contributed by atoms with Gasteiger partial charge < -0.3 is 14.7 Å². The smallest absolute Gasteiger partial charge is 0.337 e. The van der Waals surface area contributed by atoms with Crippen LogP contribution in [0.25, 0.3) is 0 Å². The fourth-order valence-corrected chi connectivity index (χ4v) is 3.98. The summed E-state index contributed by atoms with van der Waals surface area (Å²) in [5.41, 5.74) is 0. The van der Waals surface area contributed by atoms with Gasteiger partial charge >= 0.3 is 7.60 Å². The molecular formula is C5H14O5P2. The Morgan fingerprint density at radius 2 is 1.67 bits per heavy atom. The zero-order chi connectivity index (χ0) is 9.99. The molecule has 0 fully saturated rings. The number of hydrogen-bond donors (Lipinski definition) is 3. The van der Waals surface area contributed by atoms with Crippen molar-refractivity contribution in [3.05, 3.63) is 0 Å². The van der Waals surface area contributed by atoms with Crippen molar-refractivity contribution in [3.8, 4) is 0 Å². The summed E-state index contributed by atoms with van der Waals surface area (Å²) in [7, 11) is -8.09. The van der Waals surface area contributed by atoms with Crippen molar-refractivity contribution in [2.45, 2.75) is 25.7 Å². The molecule has 0 heterocycles. The summed E-state index contributed by atoms with van der Waals surface area (Å²) in [6.07, 6.45) is 0.400. The number of rotatable bonds is 4. The minimum atomic E-state index is -4.42. The molecule has 0 bridgehead atoms. The average Bonchev–Trinajstić information content (AvgIpc) is 1.84. The van der Waals surface area contributed by atoms with E-state index in [-0.39, 0.29) is 6.16 Å². The minimum absolute atomic E-state index is 0.0424. The molecular weight excluding hydrogens is 202 g/mol. The highest BCUT2D eigenvalue weighted by Gasteiger charge is 2.38. The van der Waals surface area contributed by atoms with E-state index in [1.54, 1.807) is 6.92 Å². The van der Waals surface area contributed by atoms with Crippen LogP contribution >= 0.6 is 15.0 Å². The zero-order valence-electron chi connectivity index (χ0n) is 7.04. The largest absolute Gasteiger partial charge is 0.344 e. The van der Waals surface area contributed by atoms with Crippen LogP contribution in [-0.2, 0) is 9.13 Å². The predicted octanol–water partition coefficient (Wildman–Crippen LogP) is 1.19. The lowest BCUT2D eigenvalue weighted by atomic mass is 10.6. The minimum Gasteiger partial charge on any atom is -0.344 e. The third-order valence-electron chi connectivity index (χ3n) is 1.61. The summed E-state index contributed by atoms with van der Waals surface area (Å²) in [6.45, 7) is 2.80. The zero-order valence-corrected chi connectivity index (χ0v) is 8.83. The van der Waals surface area contributed by atoms with Gasteiger partial charge in [0.15, 0.2) is 0 Å². The van der Waals surface area contributed by atoms with E-state index in [9.17, 15) is 14.0 Å². The highest BCUT2D eigenvalue weighted by molar-refractivity contribution is 7.73. The Balaban J connectivity index is 4.58. The Kier molecular flexibility index (Phi) is 4.15. The summed E-state index contributed by atoms with van der Waals surface area (Å²) >= 11 is 0. The Hall–Kier alpha value is 0.340. The van der Waals surface area contributed by atoms with Crippen LogP contribution in [0, 0.1) is 0 Å². The van der Waals surface area contributed by atoms with Crippen LogP contribution in [0.2, 0.25) is 0 Å². The van der Waals surface area contributed by atoms with Gasteiger partial charge in [0.25, 0.3) is 0 Å². The summed E-state index contributed by atoms with van der Waals surface area (Å²) in [4.78, 5) is 26.4. The molecule has 0 aliphatic carbocycles. The highest BCUT2D eigenvalue weighted by atomic mass is 31.2. The van der Waals surface area contributed by atoms with Gasteiger partial charge in [-0.1, -0.05) is 6.92 Å². The molecule has 0 saturated heterocycles. The molecule has 7 heteroatoms. The monoisotopic (exact) mass is 216 g/mol. The van der Waals surface area contributed by atoms with Gasteiger partial charge in [-0.2, -0.15) is 0 Å². The second kappa shape index (κ2) is 4.03. The lowest BCUT2D eigenvalue weighted by molar-refractivity contribution is 0.365. The van der Waals surface area contributed by atoms with E-state index in [1.807, 2.05) is 0 Å². The molecule has 2 unspecified atom stereocenters. The molecule has 0 amide bonds. The van der Waals surface area contributed by atoms with Crippen molar-refractivity contribution < 1.29 is 23.8 Å². The lowest BCUT2D eigenvalue weighted by Crippen LogP contribution is -2.06. The maximum absolute atomic E-state index is 11.2. The van der Waals surface area contributed by atoms with Crippen LogP contribution in [0.5, 0.6) is 0 Å². The molecule has 2 atom stereocenters. The van der Waals surface area contributed by atoms with Crippen LogP contribution in [0.3, 0.4) is 0 Å². The molecule has 0 aromatic heterocycles. The van der Waals surface area contributed by atoms with Gasteiger partial charge in [-0.3, -0.25) is 9.13 Å². The third kappa shape index (κ3) is 3.38. The molecule has 12 heavy (non-hydrogen) atoms. The second-order valence-corrected chi connectivity index (χ2v) is 7.79. The Bertz CT molecular complexity index is 232. The standard InChI is InChI=1S/C5H14O5P2/c1-3-4-11(6,7)5(2)12(8,9)10/h5H,3-4H2,1-2H3,(H,6,7)(H2,8,9,10). The van der Waals surface area contributed by atoms with Crippen LogP contribution in [0.4, 0.5) is 0 Å². The first kappa shape index (κ1) is 12.3. The van der Waals surface area contributed by atoms with E-state index >= 15 is 0 Å². The number of hydrogen-bond acceptors (Lipinski definition) is 2. The predicted molar refractivity (Wildman–Crippen MR) is 46.5 cm³/mol. The quantitative estimate of drug-likeness (QED) is 0.613. The summed E-state index contributed by atoms with van der Waals surface area (Å²) < 4.78 is 21.8. The van der Waals surface area contributed by atoms with Gasteiger partial charge in [0, 0.05) is 6.16 Å². The van der Waals surface area contributed by atoms with Crippen LogP contribution in [0.1, 0.15) is 20.3 Å². The fourth-order valence-electron chi connectivity index (χ4n) is 0.742. The Labute approximate surface area is 71.4 Å². The van der Waals surface area contributed by atoms with Crippen LogP contribution < -0.4 is 0 Å². The molecule has 0 aromatic rings. The van der Waals surface area contributed by atoms with E-state index in [4.69, 9.17) is 9.79 Å². The molecule has 3 N–H and O–H groups in total. The lowest BCUT2D eigenvalue weighted by Gasteiger charge is -2.19. The first-order valence-corrected chi connectivity index (χ1v) is 7.18. The van der Waals surface area contributed by atoms with E-state index < -0.39 is 20.4 Å². The second-order valence-electron chi connectivity index (χ2n) is 2.70. The van der Waals surface area contributed by atoms with Crippen molar-refractivity contribution in [3.63, 3.8) is 0 Å². The fraction of sp³-hybridized carbons (Fsp3) is 1.00. The van der Waals surface area contributed by atoms with Crippen molar-refractivity contribution in [1.29, 1.82) is 0 Å². The van der Waals surface area contributed by atoms with Crippen molar-refractivity contribution in [2.75, 3.05) is 6.16 Å². The van der Waals surface area contributed by atoms with E-state index in [0.29, 0.717) is 6.42 Å². The maximum atomic E-state index is 11.2. The Morgan fingerprint density at radius 3 is 1.92 bits per heavy atom. The molecule has 0 aromatic carbocycles. The topological polar surface area (TPSA) is 94.8 Å². The van der Waals surface area contributed by atoms with E-state index in [1.165, 1.54) is 0 Å². The van der Waals surface area contributed by atoms with Crippen molar-refractivity contribution in [2.24, 2.45) is 0 Å². The van der Waals surface area contributed by atoms with Gasteiger partial charge in [-0.05, 0) is 13.3 Å². The van der Waals surface area contributed by atoms with Gasteiger partial charge in [0.05, 0.1) is 0 Å². The van der Waals surface area contributed by atoms with Gasteiger partial charge in [0.1, 0.15) is 5.40 Å². The molecule has 74 valence electrons. The first-order valence-electron chi connectivity index (χ1n) is 3.58. The van der Waals surface area contributed by atoms with Gasteiger partial charge in [0.2, 0.25) is 7.37 Å². The molecule has 0 saturated carbocycles. The van der Waals surface area contributed by atoms with E-state index in [2.05, 4.69) is 0 Å². The van der Waals surface area contributed by atoms with Crippen molar-refractivity contribution >= 4 is 15.0 Å². The third-order valence-corrected chi connectivity index (χ3v) is 6.83. The van der Waals surface area contributed by atoms with Crippen molar-refractivity contribution in [1.82, 2.24) is 0 Å². The van der Waals surface area contributed by atoms with Crippen LogP contribution in [-0.4, -0.2) is 26.2 Å². The molecule has 5 nitrogen and oxygen atoms in total. The first-order chi connectivity index (χ1) is 5.22. The molecule has 0 aliphatic rings. The Morgan fingerprint density at radius 1 is 1.25 bits per heavy atom. The summed E-state index contributed by atoms with van der Waals surface area (Å²) in [6, 6.07) is 0. The average molecular weight is 216 g/mol. The molecule has 0 rings (SSSR count). The maximum Gasteiger partial charge on any atom is 0.337 e. The SMILES string of the molecule is CCCP(=O)(O)C(C)P(=O)(O)O. The normalized spacial score (nSPS) is 20.1.